The molecule has 3 rings (SSSR count). The van der Waals surface area contributed by atoms with Gasteiger partial charge in [0.15, 0.2) is 0 Å². The first-order valence-electron chi connectivity index (χ1n) is 7.56. The van der Waals surface area contributed by atoms with Gasteiger partial charge in [0.05, 0.1) is 6.54 Å². The molecule has 0 spiro atoms. The van der Waals surface area contributed by atoms with Crippen LogP contribution in [0.5, 0.6) is 0 Å². The van der Waals surface area contributed by atoms with Crippen LogP contribution >= 0.6 is 0 Å². The van der Waals surface area contributed by atoms with Crippen molar-refractivity contribution in [2.45, 2.75) is 31.8 Å². The molecular formula is C14H25N3O2. The Labute approximate surface area is 115 Å². The summed E-state index contributed by atoms with van der Waals surface area (Å²) in [5, 5.41) is 6.61. The van der Waals surface area contributed by atoms with E-state index in [2.05, 4.69) is 22.5 Å². The highest BCUT2D eigenvalue weighted by molar-refractivity contribution is 5.78. The highest BCUT2D eigenvalue weighted by Gasteiger charge is 2.42. The zero-order valence-electron chi connectivity index (χ0n) is 11.7. The highest BCUT2D eigenvalue weighted by Crippen LogP contribution is 2.31. The summed E-state index contributed by atoms with van der Waals surface area (Å²) >= 11 is 0. The third-order valence-corrected chi connectivity index (χ3v) is 4.99. The molecule has 0 aromatic carbocycles. The molecule has 0 aromatic rings. The molecule has 3 unspecified atom stereocenters. The molecular weight excluding hydrogens is 242 g/mol. The molecule has 5 heteroatoms. The summed E-state index contributed by atoms with van der Waals surface area (Å²) in [7, 11) is 0. The number of hydrogen-bond donors (Lipinski definition) is 2. The Bertz CT molecular complexity index is 331. The molecule has 3 aliphatic heterocycles. The first kappa shape index (κ1) is 13.3. The monoisotopic (exact) mass is 267 g/mol. The molecule has 5 nitrogen and oxygen atoms in total. The standard InChI is InChI=1S/C14H25N3O2/c1-10-13-7-15-6-11(13)8-17(10)9-14(18)16-12-2-4-19-5-3-12/h10-13,15H,2-9H2,1H3,(H,16,18). The van der Waals surface area contributed by atoms with E-state index in [0.29, 0.717) is 18.6 Å². The first-order valence-corrected chi connectivity index (χ1v) is 7.56. The van der Waals surface area contributed by atoms with Gasteiger partial charge in [0.1, 0.15) is 0 Å². The number of hydrogen-bond acceptors (Lipinski definition) is 4. The van der Waals surface area contributed by atoms with Gasteiger partial charge in [-0.25, -0.2) is 0 Å². The number of carbonyl (C=O) groups is 1. The molecule has 3 aliphatic rings. The number of nitrogens with zero attached hydrogens (tertiary/aromatic N) is 1. The normalized spacial score (nSPS) is 36.4. The van der Waals surface area contributed by atoms with Crippen LogP contribution in [-0.4, -0.2) is 62.3 Å². The molecule has 1 amide bonds. The zero-order chi connectivity index (χ0) is 13.2. The van der Waals surface area contributed by atoms with Crippen molar-refractivity contribution in [3.63, 3.8) is 0 Å². The van der Waals surface area contributed by atoms with Crippen LogP contribution in [0.4, 0.5) is 0 Å². The second kappa shape index (κ2) is 5.77. The Morgan fingerprint density at radius 3 is 2.89 bits per heavy atom. The van der Waals surface area contributed by atoms with E-state index < -0.39 is 0 Å². The average molecular weight is 267 g/mol. The number of carbonyl (C=O) groups excluding carboxylic acids is 1. The number of fused-ring (bicyclic) bond motifs is 1. The Morgan fingerprint density at radius 1 is 1.37 bits per heavy atom. The van der Waals surface area contributed by atoms with Gasteiger partial charge in [0.2, 0.25) is 5.91 Å². The van der Waals surface area contributed by atoms with Crippen molar-refractivity contribution < 1.29 is 9.53 Å². The molecule has 0 radical (unpaired) electrons. The molecule has 3 heterocycles. The molecule has 3 atom stereocenters. The van der Waals surface area contributed by atoms with Crippen LogP contribution in [0, 0.1) is 11.8 Å². The second-order valence-electron chi connectivity index (χ2n) is 6.21. The fourth-order valence-corrected chi connectivity index (χ4v) is 3.76. The molecule has 0 bridgehead atoms. The van der Waals surface area contributed by atoms with Crippen LogP contribution in [0.25, 0.3) is 0 Å². The van der Waals surface area contributed by atoms with E-state index in [1.165, 1.54) is 0 Å². The molecule has 0 aromatic heterocycles. The third kappa shape index (κ3) is 2.93. The van der Waals surface area contributed by atoms with Crippen molar-refractivity contribution in [1.29, 1.82) is 0 Å². The molecule has 2 N–H and O–H groups in total. The average Bonchev–Trinajstić information content (AvgIpc) is 2.96. The van der Waals surface area contributed by atoms with Crippen LogP contribution in [0.15, 0.2) is 0 Å². The smallest absolute Gasteiger partial charge is 0.234 e. The van der Waals surface area contributed by atoms with Gasteiger partial charge >= 0.3 is 0 Å². The summed E-state index contributed by atoms with van der Waals surface area (Å²) in [6.07, 6.45) is 1.91. The van der Waals surface area contributed by atoms with Gasteiger partial charge in [0, 0.05) is 31.8 Å². The predicted octanol–water partition coefficient (Wildman–Crippen LogP) is -0.179. The van der Waals surface area contributed by atoms with Gasteiger partial charge in [-0.15, -0.1) is 0 Å². The molecule has 19 heavy (non-hydrogen) atoms. The van der Waals surface area contributed by atoms with Gasteiger partial charge in [-0.2, -0.15) is 0 Å². The number of amides is 1. The van der Waals surface area contributed by atoms with Gasteiger partial charge in [-0.1, -0.05) is 0 Å². The van der Waals surface area contributed by atoms with E-state index in [0.717, 1.165) is 57.5 Å². The van der Waals surface area contributed by atoms with Gasteiger partial charge in [0.25, 0.3) is 0 Å². The number of rotatable bonds is 3. The molecule has 0 saturated carbocycles. The van der Waals surface area contributed by atoms with Crippen LogP contribution < -0.4 is 10.6 Å². The lowest BCUT2D eigenvalue weighted by Crippen LogP contribution is -2.46. The fourth-order valence-electron chi connectivity index (χ4n) is 3.76. The van der Waals surface area contributed by atoms with E-state index in [4.69, 9.17) is 4.74 Å². The predicted molar refractivity (Wildman–Crippen MR) is 72.9 cm³/mol. The lowest BCUT2D eigenvalue weighted by Gasteiger charge is -2.27. The Morgan fingerprint density at radius 2 is 2.16 bits per heavy atom. The minimum Gasteiger partial charge on any atom is -0.381 e. The quantitative estimate of drug-likeness (QED) is 0.745. The van der Waals surface area contributed by atoms with Crippen molar-refractivity contribution in [2.24, 2.45) is 11.8 Å². The second-order valence-corrected chi connectivity index (χ2v) is 6.21. The SMILES string of the molecule is CC1C2CNCC2CN1CC(=O)NC1CCOCC1. The van der Waals surface area contributed by atoms with Crippen molar-refractivity contribution in [3.8, 4) is 0 Å². The van der Waals surface area contributed by atoms with Crippen molar-refractivity contribution in [2.75, 3.05) is 39.4 Å². The molecule has 3 saturated heterocycles. The maximum Gasteiger partial charge on any atom is 0.234 e. The minimum absolute atomic E-state index is 0.187. The lowest BCUT2D eigenvalue weighted by molar-refractivity contribution is -0.123. The number of likely N-dealkylation sites (tertiary alicyclic amines) is 1. The Kier molecular flexibility index (Phi) is 4.05. The number of nitrogens with one attached hydrogen (secondary N) is 2. The topological polar surface area (TPSA) is 53.6 Å². The Hall–Kier alpha value is -0.650. The lowest BCUT2D eigenvalue weighted by atomic mass is 9.95. The zero-order valence-corrected chi connectivity index (χ0v) is 11.7. The van der Waals surface area contributed by atoms with E-state index >= 15 is 0 Å². The minimum atomic E-state index is 0.187. The van der Waals surface area contributed by atoms with Crippen LogP contribution in [-0.2, 0) is 9.53 Å². The van der Waals surface area contributed by atoms with Crippen LogP contribution in [0.3, 0.4) is 0 Å². The molecule has 3 fully saturated rings. The molecule has 0 aliphatic carbocycles. The summed E-state index contributed by atoms with van der Waals surface area (Å²) in [6, 6.07) is 0.848. The summed E-state index contributed by atoms with van der Waals surface area (Å²) in [6.45, 7) is 7.68. The summed E-state index contributed by atoms with van der Waals surface area (Å²) in [4.78, 5) is 14.5. The highest BCUT2D eigenvalue weighted by atomic mass is 16.5. The van der Waals surface area contributed by atoms with Crippen molar-refractivity contribution >= 4 is 5.91 Å². The van der Waals surface area contributed by atoms with Crippen molar-refractivity contribution in [3.05, 3.63) is 0 Å². The van der Waals surface area contributed by atoms with E-state index in [1.807, 2.05) is 0 Å². The Balaban J connectivity index is 1.47. The molecule has 108 valence electrons. The van der Waals surface area contributed by atoms with Gasteiger partial charge < -0.3 is 15.4 Å². The van der Waals surface area contributed by atoms with E-state index in [1.54, 1.807) is 0 Å². The van der Waals surface area contributed by atoms with E-state index in [9.17, 15) is 4.79 Å². The van der Waals surface area contributed by atoms with E-state index in [-0.39, 0.29) is 5.91 Å². The fraction of sp³-hybridized carbons (Fsp3) is 0.929. The maximum atomic E-state index is 12.1. The summed E-state index contributed by atoms with van der Waals surface area (Å²) < 4.78 is 5.31. The van der Waals surface area contributed by atoms with Crippen LogP contribution in [0.2, 0.25) is 0 Å². The maximum absolute atomic E-state index is 12.1. The third-order valence-electron chi connectivity index (χ3n) is 4.99. The van der Waals surface area contributed by atoms with Crippen molar-refractivity contribution in [1.82, 2.24) is 15.5 Å². The van der Waals surface area contributed by atoms with Gasteiger partial charge in [-0.3, -0.25) is 9.69 Å². The summed E-state index contributed by atoms with van der Waals surface area (Å²) in [5.74, 6) is 1.66. The summed E-state index contributed by atoms with van der Waals surface area (Å²) in [5.41, 5.74) is 0. The largest absolute Gasteiger partial charge is 0.381 e. The van der Waals surface area contributed by atoms with Gasteiger partial charge in [-0.05, 0) is 44.7 Å². The number of ether oxygens (including phenoxy) is 1. The first-order chi connectivity index (χ1) is 9.24. The van der Waals surface area contributed by atoms with Crippen LogP contribution in [0.1, 0.15) is 19.8 Å².